The number of carbonyl (C=O) groups excluding carboxylic acids is 1. The van der Waals surface area contributed by atoms with Gasteiger partial charge in [0, 0.05) is 24.7 Å². The first-order chi connectivity index (χ1) is 8.93. The molecular weight excluding hydrogens is 307 g/mol. The maximum absolute atomic E-state index is 12.0. The van der Waals surface area contributed by atoms with E-state index in [1.165, 1.54) is 22.7 Å². The third kappa shape index (κ3) is 2.73. The summed E-state index contributed by atoms with van der Waals surface area (Å²) in [5.74, 6) is -0.280. The number of phenolic OH excluding ortho intramolecular Hbond substituents is 1. The van der Waals surface area contributed by atoms with Crippen LogP contribution >= 0.6 is 35.0 Å². The number of likely N-dealkylation sites (N-methyl/N-ethyl adjacent to an activating group) is 1. The molecule has 0 aliphatic carbocycles. The molecule has 19 heavy (non-hydrogen) atoms. The van der Waals surface area contributed by atoms with Gasteiger partial charge in [0.2, 0.25) is 0 Å². The van der Waals surface area contributed by atoms with Crippen molar-refractivity contribution in [2.24, 2.45) is 4.99 Å². The molecule has 4 nitrogen and oxygen atoms in total. The SMILES string of the molecule is CN=C1S/C(=C/c2cc(Cl)cc(Cl)c2O)C(=O)N1C. The van der Waals surface area contributed by atoms with Crippen molar-refractivity contribution in [3.63, 3.8) is 0 Å². The summed E-state index contributed by atoms with van der Waals surface area (Å²) in [7, 11) is 3.26. The normalized spacial score (nSPS) is 19.8. The Morgan fingerprint density at radius 2 is 2.11 bits per heavy atom. The maximum atomic E-state index is 12.0. The van der Waals surface area contributed by atoms with Gasteiger partial charge in [0.05, 0.1) is 9.93 Å². The molecule has 1 heterocycles. The van der Waals surface area contributed by atoms with Gasteiger partial charge in [-0.2, -0.15) is 0 Å². The lowest BCUT2D eigenvalue weighted by molar-refractivity contribution is -0.121. The predicted molar refractivity (Wildman–Crippen MR) is 79.8 cm³/mol. The number of aliphatic imine (C=N–C) groups is 1. The minimum absolute atomic E-state index is 0.100. The van der Waals surface area contributed by atoms with Crippen molar-refractivity contribution in [3.8, 4) is 5.75 Å². The van der Waals surface area contributed by atoms with Gasteiger partial charge in [-0.25, -0.2) is 0 Å². The zero-order valence-corrected chi connectivity index (χ0v) is 12.5. The van der Waals surface area contributed by atoms with Gasteiger partial charge < -0.3 is 5.11 Å². The van der Waals surface area contributed by atoms with E-state index in [9.17, 15) is 9.90 Å². The second-order valence-electron chi connectivity index (χ2n) is 3.81. The number of hydrogen-bond acceptors (Lipinski definition) is 4. The number of thioether (sulfide) groups is 1. The largest absolute Gasteiger partial charge is 0.506 e. The number of carbonyl (C=O) groups is 1. The number of rotatable bonds is 1. The molecule has 2 rings (SSSR count). The fourth-order valence-electron chi connectivity index (χ4n) is 1.59. The third-order valence-electron chi connectivity index (χ3n) is 2.54. The van der Waals surface area contributed by atoms with Crippen LogP contribution < -0.4 is 0 Å². The number of benzene rings is 1. The lowest BCUT2D eigenvalue weighted by atomic mass is 10.2. The molecule has 0 unspecified atom stereocenters. The van der Waals surface area contributed by atoms with E-state index < -0.39 is 0 Å². The van der Waals surface area contributed by atoms with Gasteiger partial charge in [-0.3, -0.25) is 14.7 Å². The number of amidine groups is 1. The van der Waals surface area contributed by atoms with Crippen LogP contribution in [0.1, 0.15) is 5.56 Å². The van der Waals surface area contributed by atoms with E-state index >= 15 is 0 Å². The highest BCUT2D eigenvalue weighted by Gasteiger charge is 2.30. The minimum atomic E-state index is -0.180. The number of aromatic hydroxyl groups is 1. The highest BCUT2D eigenvalue weighted by Crippen LogP contribution is 2.36. The first kappa shape index (κ1) is 14.2. The fourth-order valence-corrected chi connectivity index (χ4v) is 3.01. The molecule has 1 aliphatic rings. The molecule has 1 aliphatic heterocycles. The van der Waals surface area contributed by atoms with Gasteiger partial charge in [0.15, 0.2) is 5.17 Å². The number of phenols is 1. The summed E-state index contributed by atoms with van der Waals surface area (Å²) in [6, 6.07) is 2.99. The third-order valence-corrected chi connectivity index (χ3v) is 4.20. The van der Waals surface area contributed by atoms with Crippen LogP contribution in [0.25, 0.3) is 6.08 Å². The van der Waals surface area contributed by atoms with Crippen LogP contribution in [0.3, 0.4) is 0 Å². The molecule has 0 aromatic heterocycles. The zero-order valence-electron chi connectivity index (χ0n) is 10.1. The van der Waals surface area contributed by atoms with E-state index in [4.69, 9.17) is 23.2 Å². The highest BCUT2D eigenvalue weighted by molar-refractivity contribution is 8.18. The summed E-state index contributed by atoms with van der Waals surface area (Å²) in [5, 5.41) is 11.0. The van der Waals surface area contributed by atoms with Crippen LogP contribution in [0.2, 0.25) is 10.0 Å². The Labute approximate surface area is 124 Å². The Kier molecular flexibility index (Phi) is 4.08. The van der Waals surface area contributed by atoms with Gasteiger partial charge in [-0.1, -0.05) is 23.2 Å². The smallest absolute Gasteiger partial charge is 0.266 e. The molecule has 0 atom stereocenters. The van der Waals surface area contributed by atoms with Crippen LogP contribution in [0.4, 0.5) is 0 Å². The molecule has 1 amide bonds. The van der Waals surface area contributed by atoms with E-state index in [-0.39, 0.29) is 16.7 Å². The van der Waals surface area contributed by atoms with Crippen molar-refractivity contribution in [3.05, 3.63) is 32.6 Å². The number of amides is 1. The molecule has 7 heteroatoms. The molecule has 100 valence electrons. The van der Waals surface area contributed by atoms with Gasteiger partial charge in [-0.05, 0) is 30.0 Å². The summed E-state index contributed by atoms with van der Waals surface area (Å²) in [6.07, 6.45) is 1.55. The molecule has 0 bridgehead atoms. The first-order valence-electron chi connectivity index (χ1n) is 5.26. The summed E-state index contributed by atoms with van der Waals surface area (Å²) in [6.45, 7) is 0. The monoisotopic (exact) mass is 316 g/mol. The van der Waals surface area contributed by atoms with Gasteiger partial charge in [0.1, 0.15) is 5.75 Å². The fraction of sp³-hybridized carbons (Fsp3) is 0.167. The van der Waals surface area contributed by atoms with Crippen LogP contribution in [-0.4, -0.2) is 35.2 Å². The molecular formula is C12H10Cl2N2O2S. The Morgan fingerprint density at radius 3 is 2.68 bits per heavy atom. The van der Waals surface area contributed by atoms with Crippen LogP contribution in [-0.2, 0) is 4.79 Å². The topological polar surface area (TPSA) is 52.9 Å². The average molecular weight is 317 g/mol. The van der Waals surface area contributed by atoms with Crippen molar-refractivity contribution < 1.29 is 9.90 Å². The van der Waals surface area contributed by atoms with E-state index in [1.54, 1.807) is 26.2 Å². The minimum Gasteiger partial charge on any atom is -0.506 e. The lowest BCUT2D eigenvalue weighted by Gasteiger charge is -2.05. The molecule has 1 saturated heterocycles. The summed E-state index contributed by atoms with van der Waals surface area (Å²) >= 11 is 12.9. The Morgan fingerprint density at radius 1 is 1.42 bits per heavy atom. The summed E-state index contributed by atoms with van der Waals surface area (Å²) in [5.41, 5.74) is 0.402. The lowest BCUT2D eigenvalue weighted by Crippen LogP contribution is -2.23. The second kappa shape index (κ2) is 5.45. The molecule has 0 saturated carbocycles. The van der Waals surface area contributed by atoms with Crippen molar-refractivity contribution in [1.29, 1.82) is 0 Å². The molecule has 1 N–H and O–H groups in total. The Balaban J connectivity index is 2.46. The highest BCUT2D eigenvalue weighted by atomic mass is 35.5. The predicted octanol–water partition coefficient (Wildman–Crippen LogP) is 3.23. The van der Waals surface area contributed by atoms with Gasteiger partial charge >= 0.3 is 0 Å². The van der Waals surface area contributed by atoms with Crippen LogP contribution in [0.15, 0.2) is 22.0 Å². The Bertz CT molecular complexity index is 614. The number of hydrogen-bond donors (Lipinski definition) is 1. The van der Waals surface area contributed by atoms with Crippen LogP contribution in [0.5, 0.6) is 5.75 Å². The first-order valence-corrected chi connectivity index (χ1v) is 6.83. The molecule has 0 spiro atoms. The second-order valence-corrected chi connectivity index (χ2v) is 5.66. The van der Waals surface area contributed by atoms with E-state index in [0.29, 0.717) is 20.7 Å². The molecule has 1 aromatic rings. The van der Waals surface area contributed by atoms with Crippen molar-refractivity contribution in [2.75, 3.05) is 14.1 Å². The van der Waals surface area contributed by atoms with E-state index in [1.807, 2.05) is 0 Å². The maximum Gasteiger partial charge on any atom is 0.266 e. The molecule has 1 aromatic carbocycles. The van der Waals surface area contributed by atoms with Crippen molar-refractivity contribution in [1.82, 2.24) is 4.90 Å². The van der Waals surface area contributed by atoms with Crippen molar-refractivity contribution in [2.45, 2.75) is 0 Å². The standard InChI is InChI=1S/C12H10Cl2N2O2S/c1-15-12-16(2)11(18)9(19-12)4-6-3-7(13)5-8(14)10(6)17/h3-5,17H,1-2H3/b9-4+,15-12?. The van der Waals surface area contributed by atoms with Gasteiger partial charge in [0.25, 0.3) is 5.91 Å². The average Bonchev–Trinajstić information content (AvgIpc) is 2.63. The van der Waals surface area contributed by atoms with E-state index in [0.717, 1.165) is 0 Å². The summed E-state index contributed by atoms with van der Waals surface area (Å²) < 4.78 is 0. The van der Waals surface area contributed by atoms with E-state index in [2.05, 4.69) is 4.99 Å². The zero-order chi connectivity index (χ0) is 14.2. The summed E-state index contributed by atoms with van der Waals surface area (Å²) in [4.78, 5) is 17.9. The number of halogens is 2. The molecule has 1 fully saturated rings. The Hall–Kier alpha value is -1.17. The van der Waals surface area contributed by atoms with Crippen LogP contribution in [0, 0.1) is 0 Å². The quantitative estimate of drug-likeness (QED) is 0.809. The number of nitrogens with zero attached hydrogens (tertiary/aromatic N) is 2. The molecule has 0 radical (unpaired) electrons. The van der Waals surface area contributed by atoms with Crippen molar-refractivity contribution >= 4 is 52.1 Å². The van der Waals surface area contributed by atoms with Gasteiger partial charge in [-0.15, -0.1) is 0 Å².